The number of aryl methyl sites for hydroxylation is 1. The van der Waals surface area contributed by atoms with E-state index < -0.39 is 10.0 Å². The Morgan fingerprint density at radius 3 is 2.71 bits per heavy atom. The molecule has 2 aromatic rings. The number of carbonyl (C=O) groups excluding carboxylic acids is 1. The van der Waals surface area contributed by atoms with Crippen molar-refractivity contribution >= 4 is 15.9 Å². The summed E-state index contributed by atoms with van der Waals surface area (Å²) in [4.78, 5) is 35.1. The van der Waals surface area contributed by atoms with Gasteiger partial charge in [0.2, 0.25) is 15.9 Å². The zero-order chi connectivity index (χ0) is 22.0. The Morgan fingerprint density at radius 2 is 1.97 bits per heavy atom. The Hall–Kier alpha value is -2.52. The van der Waals surface area contributed by atoms with Crippen LogP contribution in [0.3, 0.4) is 0 Å². The van der Waals surface area contributed by atoms with E-state index in [-0.39, 0.29) is 30.6 Å². The lowest BCUT2D eigenvalue weighted by Gasteiger charge is -2.36. The van der Waals surface area contributed by atoms with E-state index in [1.165, 1.54) is 10.6 Å². The third-order valence-corrected chi connectivity index (χ3v) is 7.38. The molecule has 31 heavy (non-hydrogen) atoms. The first-order chi connectivity index (χ1) is 14.8. The molecule has 1 aromatic carbocycles. The summed E-state index contributed by atoms with van der Waals surface area (Å²) in [5.74, 6) is 0.513. The fourth-order valence-electron chi connectivity index (χ4n) is 4.43. The smallest absolute Gasteiger partial charge is 0.254 e. The van der Waals surface area contributed by atoms with Gasteiger partial charge < -0.3 is 9.88 Å². The van der Waals surface area contributed by atoms with Gasteiger partial charge in [0, 0.05) is 25.1 Å². The first kappa shape index (κ1) is 21.7. The molecule has 1 atom stereocenters. The average molecular weight is 445 g/mol. The number of hydrogen-bond donors (Lipinski definition) is 1. The molecule has 1 unspecified atom stereocenters. The summed E-state index contributed by atoms with van der Waals surface area (Å²) in [6, 6.07) is 9.61. The third-order valence-electron chi connectivity index (χ3n) is 6.13. The number of aromatic nitrogens is 2. The average Bonchev–Trinajstić information content (AvgIpc) is 2.77. The van der Waals surface area contributed by atoms with Crippen LogP contribution in [0, 0.1) is 0 Å². The van der Waals surface area contributed by atoms with Gasteiger partial charge in [-0.25, -0.2) is 13.4 Å². The molecule has 1 N–H and O–H groups in total. The lowest BCUT2D eigenvalue weighted by atomic mass is 9.99. The zero-order valence-electron chi connectivity index (χ0n) is 17.7. The summed E-state index contributed by atoms with van der Waals surface area (Å²) in [6.45, 7) is 1.01. The Balaban J connectivity index is 1.56. The van der Waals surface area contributed by atoms with Crippen molar-refractivity contribution in [3.63, 3.8) is 0 Å². The molecule has 2 aliphatic rings. The molecular weight excluding hydrogens is 416 g/mol. The molecule has 0 aliphatic carbocycles. The van der Waals surface area contributed by atoms with Crippen molar-refractivity contribution in [3.8, 4) is 0 Å². The van der Waals surface area contributed by atoms with Crippen molar-refractivity contribution in [1.82, 2.24) is 19.2 Å². The highest BCUT2D eigenvalue weighted by molar-refractivity contribution is 7.88. The predicted molar refractivity (Wildman–Crippen MR) is 117 cm³/mol. The molecule has 0 spiro atoms. The minimum Gasteiger partial charge on any atom is -0.333 e. The molecular formula is C22H28N4O4S. The van der Waals surface area contributed by atoms with Gasteiger partial charge in [0.05, 0.1) is 24.5 Å². The minimum atomic E-state index is -3.36. The molecule has 0 saturated carbocycles. The fraction of sp³-hybridized carbons (Fsp3) is 0.500. The number of rotatable bonds is 5. The van der Waals surface area contributed by atoms with E-state index in [0.29, 0.717) is 42.9 Å². The number of hydrogen-bond acceptors (Lipinski definition) is 5. The number of nitrogens with zero attached hydrogens (tertiary/aromatic N) is 3. The molecule has 1 saturated heterocycles. The maximum atomic E-state index is 13.0. The molecule has 9 heteroatoms. The van der Waals surface area contributed by atoms with E-state index >= 15 is 0 Å². The van der Waals surface area contributed by atoms with Gasteiger partial charge in [-0.05, 0) is 37.7 Å². The van der Waals surface area contributed by atoms with Crippen molar-refractivity contribution in [1.29, 1.82) is 0 Å². The summed E-state index contributed by atoms with van der Waals surface area (Å²) in [5, 5.41) is 0. The fourth-order valence-corrected chi connectivity index (χ4v) is 5.21. The summed E-state index contributed by atoms with van der Waals surface area (Å²) in [5.41, 5.74) is 1.93. The van der Waals surface area contributed by atoms with E-state index in [1.54, 1.807) is 0 Å². The molecule has 2 aliphatic heterocycles. The summed E-state index contributed by atoms with van der Waals surface area (Å²) >= 11 is 0. The second-order valence-electron chi connectivity index (χ2n) is 8.31. The quantitative estimate of drug-likeness (QED) is 0.757. The van der Waals surface area contributed by atoms with Crippen LogP contribution in [-0.4, -0.2) is 52.8 Å². The van der Waals surface area contributed by atoms with Crippen LogP contribution < -0.4 is 5.56 Å². The van der Waals surface area contributed by atoms with Crippen molar-refractivity contribution in [2.24, 2.45) is 0 Å². The van der Waals surface area contributed by atoms with Crippen molar-refractivity contribution in [2.75, 3.05) is 19.3 Å². The lowest BCUT2D eigenvalue weighted by molar-refractivity contribution is -0.135. The van der Waals surface area contributed by atoms with Gasteiger partial charge in [-0.1, -0.05) is 30.3 Å². The highest BCUT2D eigenvalue weighted by Crippen LogP contribution is 2.30. The second-order valence-corrected chi connectivity index (χ2v) is 10.3. The van der Waals surface area contributed by atoms with Gasteiger partial charge in [0.25, 0.3) is 5.56 Å². The molecule has 166 valence electrons. The number of amides is 1. The number of piperidine rings is 1. The highest BCUT2D eigenvalue weighted by Gasteiger charge is 2.32. The van der Waals surface area contributed by atoms with Gasteiger partial charge in [-0.2, -0.15) is 4.31 Å². The maximum Gasteiger partial charge on any atom is 0.254 e. The maximum absolute atomic E-state index is 13.0. The molecule has 1 aromatic heterocycles. The van der Waals surface area contributed by atoms with E-state index in [0.717, 1.165) is 24.8 Å². The van der Waals surface area contributed by atoms with Crippen molar-refractivity contribution in [3.05, 3.63) is 63.3 Å². The molecule has 1 fully saturated rings. The molecule has 0 radical (unpaired) electrons. The second kappa shape index (κ2) is 8.92. The van der Waals surface area contributed by atoms with Gasteiger partial charge in [-0.3, -0.25) is 9.59 Å². The largest absolute Gasteiger partial charge is 0.333 e. The predicted octanol–water partition coefficient (Wildman–Crippen LogP) is 1.77. The minimum absolute atomic E-state index is 0.0479. The third kappa shape index (κ3) is 4.88. The number of H-pyrrole nitrogens is 1. The van der Waals surface area contributed by atoms with Gasteiger partial charge in [0.1, 0.15) is 5.82 Å². The van der Waals surface area contributed by atoms with Crippen LogP contribution >= 0.6 is 0 Å². The van der Waals surface area contributed by atoms with Crippen molar-refractivity contribution in [2.45, 2.75) is 51.1 Å². The Bertz CT molecular complexity index is 1110. The monoisotopic (exact) mass is 444 g/mol. The number of benzene rings is 1. The standard InChI is InChI=1S/C22H28N4O4S/c1-31(29,30)25-14-12-17-18(15-25)23-21(24-22(17)28)19-9-5-6-13-26(19)20(27)11-10-16-7-3-2-4-8-16/h2-4,7-8,19H,5-6,9-15H2,1H3,(H,23,24,28). The SMILES string of the molecule is CS(=O)(=O)N1CCc2c(nc(C3CCCCN3C(=O)CCc3ccccc3)[nH]c2=O)C1. The van der Waals surface area contributed by atoms with Gasteiger partial charge in [0.15, 0.2) is 0 Å². The van der Waals surface area contributed by atoms with Crippen LogP contribution in [0.2, 0.25) is 0 Å². The van der Waals surface area contributed by atoms with E-state index in [2.05, 4.69) is 9.97 Å². The van der Waals surface area contributed by atoms with Crippen LogP contribution in [0.4, 0.5) is 0 Å². The van der Waals surface area contributed by atoms with Crippen LogP contribution in [0.5, 0.6) is 0 Å². The lowest BCUT2D eigenvalue weighted by Crippen LogP contribution is -2.42. The summed E-state index contributed by atoms with van der Waals surface area (Å²) in [6.07, 6.45) is 5.18. The summed E-state index contributed by atoms with van der Waals surface area (Å²) in [7, 11) is -3.36. The Kier molecular flexibility index (Phi) is 6.24. The van der Waals surface area contributed by atoms with Gasteiger partial charge in [-0.15, -0.1) is 0 Å². The van der Waals surface area contributed by atoms with E-state index in [1.807, 2.05) is 35.2 Å². The van der Waals surface area contributed by atoms with E-state index in [9.17, 15) is 18.0 Å². The van der Waals surface area contributed by atoms with Crippen LogP contribution in [-0.2, 0) is 34.2 Å². The number of carbonyl (C=O) groups is 1. The number of nitrogens with one attached hydrogen (secondary N) is 1. The molecule has 8 nitrogen and oxygen atoms in total. The molecule has 3 heterocycles. The highest BCUT2D eigenvalue weighted by atomic mass is 32.2. The number of sulfonamides is 1. The number of fused-ring (bicyclic) bond motifs is 1. The molecule has 0 bridgehead atoms. The van der Waals surface area contributed by atoms with Crippen LogP contribution in [0.25, 0.3) is 0 Å². The zero-order valence-corrected chi connectivity index (χ0v) is 18.5. The molecule has 1 amide bonds. The van der Waals surface area contributed by atoms with Crippen LogP contribution in [0.15, 0.2) is 35.1 Å². The Labute approximate surface area is 182 Å². The van der Waals surface area contributed by atoms with Crippen LogP contribution in [0.1, 0.15) is 54.4 Å². The number of aromatic amines is 1. The first-order valence-electron chi connectivity index (χ1n) is 10.7. The number of likely N-dealkylation sites (tertiary alicyclic amines) is 1. The van der Waals surface area contributed by atoms with Crippen molar-refractivity contribution < 1.29 is 13.2 Å². The van der Waals surface area contributed by atoms with Gasteiger partial charge >= 0.3 is 0 Å². The molecule has 4 rings (SSSR count). The Morgan fingerprint density at radius 1 is 1.19 bits per heavy atom. The first-order valence-corrected chi connectivity index (χ1v) is 12.6. The summed E-state index contributed by atoms with van der Waals surface area (Å²) < 4.78 is 25.3. The normalized spacial score (nSPS) is 19.8. The van der Waals surface area contributed by atoms with E-state index in [4.69, 9.17) is 0 Å². The topological polar surface area (TPSA) is 103 Å².